The van der Waals surface area contributed by atoms with Crippen LogP contribution in [0.15, 0.2) is 30.3 Å². The van der Waals surface area contributed by atoms with Gasteiger partial charge in [-0.15, -0.1) is 0 Å². The van der Waals surface area contributed by atoms with Crippen molar-refractivity contribution >= 4 is 5.97 Å². The second kappa shape index (κ2) is 9.50. The summed E-state index contributed by atoms with van der Waals surface area (Å²) in [5.74, 6) is 0.0498. The summed E-state index contributed by atoms with van der Waals surface area (Å²) in [6.07, 6.45) is -0.667. The molecular formula is C16H25NO4. The van der Waals surface area contributed by atoms with Crippen LogP contribution in [0.4, 0.5) is 0 Å². The van der Waals surface area contributed by atoms with Gasteiger partial charge in [-0.05, 0) is 11.5 Å². The molecule has 0 heterocycles. The fourth-order valence-electron chi connectivity index (χ4n) is 1.85. The summed E-state index contributed by atoms with van der Waals surface area (Å²) in [5, 5.41) is 12.9. The molecule has 0 aliphatic heterocycles. The van der Waals surface area contributed by atoms with E-state index in [1.54, 1.807) is 0 Å². The zero-order valence-electron chi connectivity index (χ0n) is 12.9. The van der Waals surface area contributed by atoms with E-state index in [1.807, 2.05) is 44.2 Å². The highest BCUT2D eigenvalue weighted by molar-refractivity contribution is 5.77. The van der Waals surface area contributed by atoms with Crippen molar-refractivity contribution in [2.45, 2.75) is 26.0 Å². The Balaban J connectivity index is 2.49. The molecule has 21 heavy (non-hydrogen) atoms. The number of methoxy groups -OCH3 is 1. The van der Waals surface area contributed by atoms with E-state index in [9.17, 15) is 9.90 Å². The van der Waals surface area contributed by atoms with E-state index < -0.39 is 12.1 Å². The first kappa shape index (κ1) is 17.6. The van der Waals surface area contributed by atoms with Gasteiger partial charge in [-0.1, -0.05) is 44.2 Å². The average molecular weight is 295 g/mol. The lowest BCUT2D eigenvalue weighted by molar-refractivity contribution is -0.143. The molecule has 1 aromatic rings. The molecule has 2 N–H and O–H groups in total. The van der Waals surface area contributed by atoms with Crippen LogP contribution in [-0.4, -0.2) is 44.0 Å². The van der Waals surface area contributed by atoms with Crippen LogP contribution in [0.25, 0.3) is 0 Å². The summed E-state index contributed by atoms with van der Waals surface area (Å²) in [5.41, 5.74) is 0.805. The van der Waals surface area contributed by atoms with E-state index in [-0.39, 0.29) is 19.1 Å². The highest BCUT2D eigenvalue weighted by atomic mass is 16.5. The van der Waals surface area contributed by atoms with Crippen molar-refractivity contribution in [1.29, 1.82) is 0 Å². The number of aliphatic hydroxyl groups is 1. The van der Waals surface area contributed by atoms with Crippen LogP contribution in [0.1, 0.15) is 25.5 Å². The van der Waals surface area contributed by atoms with Crippen LogP contribution in [0.2, 0.25) is 0 Å². The standard InChI is InChI=1S/C16H25NO4/c1-12(2)10-21-11-14(18)9-17-15(16(19)20-3)13-7-5-4-6-8-13/h4-8,12,14-15,17-18H,9-11H2,1-3H3. The van der Waals surface area contributed by atoms with Gasteiger partial charge in [0, 0.05) is 13.2 Å². The van der Waals surface area contributed by atoms with Gasteiger partial charge >= 0.3 is 5.97 Å². The fraction of sp³-hybridized carbons (Fsp3) is 0.562. The largest absolute Gasteiger partial charge is 0.468 e. The number of aliphatic hydroxyl groups excluding tert-OH is 1. The third kappa shape index (κ3) is 6.71. The molecule has 0 aliphatic rings. The Morgan fingerprint density at radius 1 is 1.24 bits per heavy atom. The van der Waals surface area contributed by atoms with Crippen LogP contribution in [0.5, 0.6) is 0 Å². The van der Waals surface area contributed by atoms with Gasteiger partial charge in [-0.25, -0.2) is 4.79 Å². The Hall–Kier alpha value is -1.43. The maximum Gasteiger partial charge on any atom is 0.327 e. The summed E-state index contributed by atoms with van der Waals surface area (Å²) >= 11 is 0. The van der Waals surface area contributed by atoms with Crippen LogP contribution in [0.3, 0.4) is 0 Å². The number of hydrogen-bond donors (Lipinski definition) is 2. The molecule has 0 saturated heterocycles. The minimum absolute atomic E-state index is 0.244. The number of hydrogen-bond acceptors (Lipinski definition) is 5. The highest BCUT2D eigenvalue weighted by Crippen LogP contribution is 2.14. The number of esters is 1. The van der Waals surface area contributed by atoms with Crippen molar-refractivity contribution in [2.75, 3.05) is 26.9 Å². The molecule has 2 atom stereocenters. The van der Waals surface area contributed by atoms with E-state index in [0.29, 0.717) is 12.5 Å². The van der Waals surface area contributed by atoms with Gasteiger partial charge in [0.1, 0.15) is 6.04 Å². The van der Waals surface area contributed by atoms with Crippen molar-refractivity contribution in [2.24, 2.45) is 5.92 Å². The number of rotatable bonds is 9. The zero-order valence-corrected chi connectivity index (χ0v) is 12.9. The quantitative estimate of drug-likeness (QED) is 0.676. The maximum absolute atomic E-state index is 11.8. The molecule has 0 aliphatic carbocycles. The van der Waals surface area contributed by atoms with E-state index in [4.69, 9.17) is 9.47 Å². The van der Waals surface area contributed by atoms with Crippen LogP contribution in [-0.2, 0) is 14.3 Å². The average Bonchev–Trinajstić information content (AvgIpc) is 2.47. The third-order valence-corrected chi connectivity index (χ3v) is 2.89. The Bertz CT molecular complexity index is 408. The van der Waals surface area contributed by atoms with Gasteiger partial charge in [0.2, 0.25) is 0 Å². The predicted octanol–water partition coefficient (Wildman–Crippen LogP) is 1.52. The molecule has 0 fully saturated rings. The van der Waals surface area contributed by atoms with Crippen LogP contribution >= 0.6 is 0 Å². The van der Waals surface area contributed by atoms with Gasteiger partial charge in [0.05, 0.1) is 19.8 Å². The molecule has 1 aromatic carbocycles. The minimum Gasteiger partial charge on any atom is -0.468 e. The lowest BCUT2D eigenvalue weighted by atomic mass is 10.1. The second-order valence-electron chi connectivity index (χ2n) is 5.36. The summed E-state index contributed by atoms with van der Waals surface area (Å²) in [4.78, 5) is 11.8. The normalized spacial score (nSPS) is 14.0. The molecule has 0 bridgehead atoms. The smallest absolute Gasteiger partial charge is 0.327 e. The van der Waals surface area contributed by atoms with Crippen LogP contribution in [0, 0.1) is 5.92 Å². The topological polar surface area (TPSA) is 67.8 Å². The van der Waals surface area contributed by atoms with Gasteiger partial charge in [0.25, 0.3) is 0 Å². The fourth-order valence-corrected chi connectivity index (χ4v) is 1.85. The Morgan fingerprint density at radius 3 is 2.48 bits per heavy atom. The van der Waals surface area contributed by atoms with Gasteiger partial charge in [-0.2, -0.15) is 0 Å². The Morgan fingerprint density at radius 2 is 1.90 bits per heavy atom. The Kier molecular flexibility index (Phi) is 7.97. The first-order chi connectivity index (χ1) is 10.0. The van der Waals surface area contributed by atoms with Crippen molar-refractivity contribution < 1.29 is 19.4 Å². The monoisotopic (exact) mass is 295 g/mol. The summed E-state index contributed by atoms with van der Waals surface area (Å²) in [7, 11) is 1.35. The SMILES string of the molecule is COC(=O)C(NCC(O)COCC(C)C)c1ccccc1. The number of nitrogens with one attached hydrogen (secondary N) is 1. The van der Waals surface area contributed by atoms with Crippen molar-refractivity contribution in [3.05, 3.63) is 35.9 Å². The molecule has 5 nitrogen and oxygen atoms in total. The molecular weight excluding hydrogens is 270 g/mol. The maximum atomic E-state index is 11.8. The van der Waals surface area contributed by atoms with Gasteiger partial charge in [0.15, 0.2) is 0 Å². The van der Waals surface area contributed by atoms with Crippen molar-refractivity contribution in [1.82, 2.24) is 5.32 Å². The van der Waals surface area contributed by atoms with E-state index in [0.717, 1.165) is 5.56 Å². The van der Waals surface area contributed by atoms with Crippen molar-refractivity contribution in [3.8, 4) is 0 Å². The third-order valence-electron chi connectivity index (χ3n) is 2.89. The Labute approximate surface area is 126 Å². The lowest BCUT2D eigenvalue weighted by Crippen LogP contribution is -2.37. The molecule has 0 aromatic heterocycles. The van der Waals surface area contributed by atoms with Gasteiger partial charge in [-0.3, -0.25) is 5.32 Å². The van der Waals surface area contributed by atoms with E-state index in [2.05, 4.69) is 5.32 Å². The zero-order chi connectivity index (χ0) is 15.7. The number of carbonyl (C=O) groups is 1. The summed E-state index contributed by atoms with van der Waals surface area (Å²) in [6, 6.07) is 8.69. The number of carbonyl (C=O) groups excluding carboxylic acids is 1. The molecule has 0 amide bonds. The second-order valence-corrected chi connectivity index (χ2v) is 5.36. The lowest BCUT2D eigenvalue weighted by Gasteiger charge is -2.19. The summed E-state index contributed by atoms with van der Waals surface area (Å²) in [6.45, 7) is 5.21. The predicted molar refractivity (Wildman–Crippen MR) is 80.9 cm³/mol. The first-order valence-electron chi connectivity index (χ1n) is 7.16. The van der Waals surface area contributed by atoms with E-state index >= 15 is 0 Å². The van der Waals surface area contributed by atoms with Crippen molar-refractivity contribution in [3.63, 3.8) is 0 Å². The highest BCUT2D eigenvalue weighted by Gasteiger charge is 2.21. The molecule has 1 rings (SSSR count). The molecule has 5 heteroatoms. The summed E-state index contributed by atoms with van der Waals surface area (Å²) < 4.78 is 10.2. The minimum atomic E-state index is -0.667. The number of ether oxygens (including phenoxy) is 2. The molecule has 2 unspecified atom stereocenters. The number of benzene rings is 1. The molecule has 0 radical (unpaired) electrons. The molecule has 0 spiro atoms. The molecule has 118 valence electrons. The molecule has 0 saturated carbocycles. The van der Waals surface area contributed by atoms with Crippen LogP contribution < -0.4 is 5.32 Å². The first-order valence-corrected chi connectivity index (χ1v) is 7.16. The van der Waals surface area contributed by atoms with E-state index in [1.165, 1.54) is 7.11 Å². The van der Waals surface area contributed by atoms with Gasteiger partial charge < -0.3 is 14.6 Å².